The normalized spacial score (nSPS) is 13.5. The van der Waals surface area contributed by atoms with Crippen molar-refractivity contribution in [2.24, 2.45) is 0 Å². The van der Waals surface area contributed by atoms with E-state index in [9.17, 15) is 4.79 Å². The van der Waals surface area contributed by atoms with Crippen molar-refractivity contribution in [3.05, 3.63) is 66.7 Å². The Hall–Kier alpha value is -2.66. The highest BCUT2D eigenvalue weighted by Crippen LogP contribution is 2.35. The lowest BCUT2D eigenvalue weighted by Crippen LogP contribution is -2.39. The van der Waals surface area contributed by atoms with Gasteiger partial charge in [0.25, 0.3) is 0 Å². The molecule has 0 aliphatic heterocycles. The van der Waals surface area contributed by atoms with Crippen molar-refractivity contribution in [3.63, 3.8) is 0 Å². The highest BCUT2D eigenvalue weighted by atomic mass is 32.1. The molecule has 3 rings (SSSR count). The van der Waals surface area contributed by atoms with Crippen LogP contribution in [-0.2, 0) is 16.1 Å². The van der Waals surface area contributed by atoms with E-state index in [1.807, 2.05) is 32.9 Å². The number of hydrogen-bond donors (Lipinski definition) is 1. The van der Waals surface area contributed by atoms with E-state index in [4.69, 9.17) is 22.1 Å². The fourth-order valence-electron chi connectivity index (χ4n) is 4.36. The highest BCUT2D eigenvalue weighted by Gasteiger charge is 2.34. The summed E-state index contributed by atoms with van der Waals surface area (Å²) in [6, 6.07) is 18.9. The standard InChI is InChI=1S/C29H37NO3S/c1-7-8-12-17-30-25(22-13-10-9-11-14-22)18-23-15-16-24(19-26(23)30)32-29(6,34)20-28(4,5)33-27(31)21(2)3/h9-11,13-16,18-19,34H,2,7-8,12,17,20H2,1,3-6H3. The number of aryl methyl sites for hydroxylation is 1. The number of hydrogen-bond acceptors (Lipinski definition) is 4. The van der Waals surface area contributed by atoms with Gasteiger partial charge in [-0.05, 0) is 57.9 Å². The van der Waals surface area contributed by atoms with Gasteiger partial charge in [0.15, 0.2) is 4.93 Å². The minimum absolute atomic E-state index is 0.373. The zero-order valence-electron chi connectivity index (χ0n) is 21.1. The van der Waals surface area contributed by atoms with Gasteiger partial charge in [0.05, 0.1) is 5.52 Å². The number of ether oxygens (including phenoxy) is 2. The summed E-state index contributed by atoms with van der Waals surface area (Å²) in [7, 11) is 0. The second-order valence-corrected chi connectivity index (χ2v) is 10.8. The highest BCUT2D eigenvalue weighted by molar-refractivity contribution is 7.81. The monoisotopic (exact) mass is 479 g/mol. The molecule has 4 nitrogen and oxygen atoms in total. The molecule has 1 atom stereocenters. The molecule has 0 radical (unpaired) electrons. The molecule has 0 saturated heterocycles. The molecule has 34 heavy (non-hydrogen) atoms. The smallest absolute Gasteiger partial charge is 0.333 e. The summed E-state index contributed by atoms with van der Waals surface area (Å²) >= 11 is 4.77. The SMILES string of the molecule is C=C(C)C(=O)OC(C)(C)CC(C)(S)Oc1ccc2cc(-c3ccccc3)n(CCCCC)c2c1. The molecule has 0 aliphatic rings. The number of fused-ring (bicyclic) bond motifs is 1. The molecule has 0 saturated carbocycles. The Bertz CT molecular complexity index is 1140. The van der Waals surface area contributed by atoms with Crippen LogP contribution in [0.3, 0.4) is 0 Å². The van der Waals surface area contributed by atoms with Crippen molar-refractivity contribution in [2.45, 2.75) is 77.4 Å². The van der Waals surface area contributed by atoms with Gasteiger partial charge in [-0.25, -0.2) is 4.79 Å². The van der Waals surface area contributed by atoms with Crippen LogP contribution in [0.2, 0.25) is 0 Å². The van der Waals surface area contributed by atoms with Crippen molar-refractivity contribution >= 4 is 29.5 Å². The minimum Gasteiger partial charge on any atom is -0.477 e. The molecule has 182 valence electrons. The van der Waals surface area contributed by atoms with Gasteiger partial charge in [-0.3, -0.25) is 0 Å². The zero-order valence-corrected chi connectivity index (χ0v) is 22.0. The van der Waals surface area contributed by atoms with Crippen LogP contribution >= 0.6 is 12.6 Å². The summed E-state index contributed by atoms with van der Waals surface area (Å²) in [4.78, 5) is 11.2. The molecule has 2 aromatic carbocycles. The summed E-state index contributed by atoms with van der Waals surface area (Å²) in [5.41, 5.74) is 3.18. The Balaban J connectivity index is 1.89. The van der Waals surface area contributed by atoms with Crippen LogP contribution in [-0.4, -0.2) is 21.1 Å². The third-order valence-corrected chi connectivity index (χ3v) is 5.99. The lowest BCUT2D eigenvalue weighted by atomic mass is 10.0. The first-order chi connectivity index (χ1) is 16.0. The van der Waals surface area contributed by atoms with Gasteiger partial charge in [-0.15, -0.1) is 12.6 Å². The van der Waals surface area contributed by atoms with Crippen molar-refractivity contribution in [3.8, 4) is 17.0 Å². The van der Waals surface area contributed by atoms with E-state index in [0.29, 0.717) is 12.0 Å². The van der Waals surface area contributed by atoms with Crippen LogP contribution in [0.5, 0.6) is 5.75 Å². The van der Waals surface area contributed by atoms with Gasteiger partial charge in [-0.2, -0.15) is 0 Å². The molecular formula is C29H37NO3S. The quantitative estimate of drug-likeness (QED) is 0.100. The summed E-state index contributed by atoms with van der Waals surface area (Å²) in [6.45, 7) is 14.1. The van der Waals surface area contributed by atoms with Crippen LogP contribution < -0.4 is 4.74 Å². The molecule has 5 heteroatoms. The molecule has 0 aliphatic carbocycles. The van der Waals surface area contributed by atoms with E-state index in [2.05, 4.69) is 60.5 Å². The average Bonchev–Trinajstić information content (AvgIpc) is 3.11. The fraction of sp³-hybridized carbons (Fsp3) is 0.414. The summed E-state index contributed by atoms with van der Waals surface area (Å²) in [6.07, 6.45) is 3.90. The van der Waals surface area contributed by atoms with Crippen LogP contribution in [0.15, 0.2) is 66.7 Å². The lowest BCUT2D eigenvalue weighted by molar-refractivity contribution is -0.153. The van der Waals surface area contributed by atoms with Gasteiger partial charge < -0.3 is 14.0 Å². The van der Waals surface area contributed by atoms with Crippen molar-refractivity contribution < 1.29 is 14.3 Å². The second kappa shape index (κ2) is 10.7. The second-order valence-electron chi connectivity index (χ2n) is 9.86. The van der Waals surface area contributed by atoms with Gasteiger partial charge in [-0.1, -0.05) is 56.7 Å². The maximum Gasteiger partial charge on any atom is 0.333 e. The van der Waals surface area contributed by atoms with Crippen LogP contribution in [0.1, 0.15) is 60.3 Å². The molecule has 0 amide bonds. The third kappa shape index (κ3) is 6.69. The summed E-state index contributed by atoms with van der Waals surface area (Å²) in [5.74, 6) is 0.329. The maximum atomic E-state index is 12.0. The molecule has 1 aromatic heterocycles. The number of unbranched alkanes of at least 4 members (excludes halogenated alkanes) is 2. The van der Waals surface area contributed by atoms with E-state index < -0.39 is 16.5 Å². The topological polar surface area (TPSA) is 40.5 Å². The number of aromatic nitrogens is 1. The van der Waals surface area contributed by atoms with Gasteiger partial charge in [0, 0.05) is 35.7 Å². The first-order valence-corrected chi connectivity index (χ1v) is 12.4. The van der Waals surface area contributed by atoms with Crippen LogP contribution in [0.4, 0.5) is 0 Å². The average molecular weight is 480 g/mol. The number of esters is 1. The van der Waals surface area contributed by atoms with Crippen molar-refractivity contribution in [1.29, 1.82) is 0 Å². The van der Waals surface area contributed by atoms with Crippen molar-refractivity contribution in [1.82, 2.24) is 4.57 Å². The molecule has 0 spiro atoms. The van der Waals surface area contributed by atoms with Gasteiger partial charge in [0.2, 0.25) is 0 Å². The van der Waals surface area contributed by atoms with E-state index in [-0.39, 0.29) is 0 Å². The third-order valence-electron chi connectivity index (χ3n) is 5.74. The van der Waals surface area contributed by atoms with Gasteiger partial charge >= 0.3 is 5.97 Å². The Morgan fingerprint density at radius 1 is 1.06 bits per heavy atom. The molecule has 1 unspecified atom stereocenters. The molecular weight excluding hydrogens is 442 g/mol. The van der Waals surface area contributed by atoms with E-state index in [0.717, 1.165) is 24.2 Å². The number of rotatable bonds is 11. The number of benzene rings is 2. The van der Waals surface area contributed by atoms with E-state index in [1.54, 1.807) is 6.92 Å². The predicted molar refractivity (Wildman–Crippen MR) is 145 cm³/mol. The van der Waals surface area contributed by atoms with Crippen LogP contribution in [0, 0.1) is 0 Å². The number of nitrogens with zero attached hydrogens (tertiary/aromatic N) is 1. The Labute approximate surface area is 209 Å². The molecule has 0 bridgehead atoms. The van der Waals surface area contributed by atoms with E-state index in [1.165, 1.54) is 29.5 Å². The molecule has 0 fully saturated rings. The first-order valence-electron chi connectivity index (χ1n) is 12.0. The zero-order chi connectivity index (χ0) is 24.9. The summed E-state index contributed by atoms with van der Waals surface area (Å²) in [5, 5.41) is 1.18. The maximum absolute atomic E-state index is 12.0. The predicted octanol–water partition coefficient (Wildman–Crippen LogP) is 7.81. The van der Waals surface area contributed by atoms with E-state index >= 15 is 0 Å². The van der Waals surface area contributed by atoms with Gasteiger partial charge in [0.1, 0.15) is 11.4 Å². The fourth-order valence-corrected chi connectivity index (χ4v) is 4.85. The minimum atomic E-state index is -0.839. The molecule has 3 aromatic rings. The largest absolute Gasteiger partial charge is 0.477 e. The Morgan fingerprint density at radius 2 is 1.76 bits per heavy atom. The summed E-state index contributed by atoms with van der Waals surface area (Å²) < 4.78 is 14.3. The Kier molecular flexibility index (Phi) is 8.19. The number of thiol groups is 1. The van der Waals surface area contributed by atoms with Crippen molar-refractivity contribution in [2.75, 3.05) is 0 Å². The first kappa shape index (κ1) is 26.0. The van der Waals surface area contributed by atoms with Crippen LogP contribution in [0.25, 0.3) is 22.2 Å². The molecule has 1 heterocycles. The Morgan fingerprint density at radius 3 is 2.41 bits per heavy atom. The lowest BCUT2D eigenvalue weighted by Gasteiger charge is -2.34. The molecule has 0 N–H and O–H groups in total. The number of carbonyl (C=O) groups excluding carboxylic acids is 1. The number of carbonyl (C=O) groups is 1.